The first kappa shape index (κ1) is 10.3. The Hall–Kier alpha value is -0.830. The van der Waals surface area contributed by atoms with Gasteiger partial charge in [0.25, 0.3) is 0 Å². The molecule has 3 heteroatoms. The predicted octanol–water partition coefficient (Wildman–Crippen LogP) is 2.94. The molecule has 1 heterocycles. The fourth-order valence-electron chi connectivity index (χ4n) is 1.60. The Kier molecular flexibility index (Phi) is 3.09. The fraction of sp³-hybridized carbons (Fsp3) is 0.500. The summed E-state index contributed by atoms with van der Waals surface area (Å²) in [5, 5.41) is 11.0. The van der Waals surface area contributed by atoms with Gasteiger partial charge in [0.05, 0.1) is 5.92 Å². The van der Waals surface area contributed by atoms with Crippen LogP contribution in [0.3, 0.4) is 0 Å². The lowest BCUT2D eigenvalue weighted by Gasteiger charge is -2.10. The van der Waals surface area contributed by atoms with E-state index in [0.29, 0.717) is 6.42 Å². The van der Waals surface area contributed by atoms with E-state index in [2.05, 4.69) is 0 Å². The Bertz CT molecular complexity index is 295. The van der Waals surface area contributed by atoms with Gasteiger partial charge >= 0.3 is 5.97 Å². The molecule has 1 atom stereocenters. The van der Waals surface area contributed by atoms with Crippen LogP contribution in [0.4, 0.5) is 0 Å². The lowest BCUT2D eigenvalue weighted by Crippen LogP contribution is -2.11. The fourth-order valence-corrected chi connectivity index (χ4v) is 2.51. The Morgan fingerprint density at radius 2 is 2.23 bits per heavy atom. The zero-order valence-corrected chi connectivity index (χ0v) is 8.94. The molecule has 1 N–H and O–H groups in total. The van der Waals surface area contributed by atoms with Crippen molar-refractivity contribution in [2.75, 3.05) is 0 Å². The molecule has 1 aromatic rings. The summed E-state index contributed by atoms with van der Waals surface area (Å²) in [6.45, 7) is 5.87. The molecule has 0 aliphatic heterocycles. The summed E-state index contributed by atoms with van der Waals surface area (Å²) < 4.78 is 0. The molecule has 0 bridgehead atoms. The predicted molar refractivity (Wildman–Crippen MR) is 54.5 cm³/mol. The lowest BCUT2D eigenvalue weighted by molar-refractivity contribution is -0.138. The number of rotatable bonds is 3. The number of aryl methyl sites for hydroxylation is 2. The quantitative estimate of drug-likeness (QED) is 0.810. The van der Waals surface area contributed by atoms with E-state index in [-0.39, 0.29) is 5.92 Å². The first-order chi connectivity index (χ1) is 6.07. The minimum Gasteiger partial charge on any atom is -0.481 e. The highest BCUT2D eigenvalue weighted by Gasteiger charge is 2.22. The molecular weight excluding hydrogens is 184 g/mol. The molecular formula is C10H14O2S. The van der Waals surface area contributed by atoms with Crippen molar-refractivity contribution in [3.05, 3.63) is 21.4 Å². The first-order valence-electron chi connectivity index (χ1n) is 4.35. The zero-order chi connectivity index (χ0) is 10.0. The standard InChI is InChI=1S/C10H14O2S/c1-4-8(10(11)12)9-6(2)5-13-7(9)3/h5,8H,4H2,1-3H3,(H,11,12). The Balaban J connectivity index is 3.10. The van der Waals surface area contributed by atoms with Crippen molar-refractivity contribution < 1.29 is 9.90 Å². The van der Waals surface area contributed by atoms with Crippen molar-refractivity contribution in [1.82, 2.24) is 0 Å². The number of carbonyl (C=O) groups is 1. The zero-order valence-electron chi connectivity index (χ0n) is 8.13. The molecule has 13 heavy (non-hydrogen) atoms. The maximum Gasteiger partial charge on any atom is 0.311 e. The van der Waals surface area contributed by atoms with Gasteiger partial charge in [0.2, 0.25) is 0 Å². The highest BCUT2D eigenvalue weighted by Crippen LogP contribution is 2.30. The third kappa shape index (κ3) is 1.91. The molecule has 0 fully saturated rings. The molecule has 1 rings (SSSR count). The van der Waals surface area contributed by atoms with Gasteiger partial charge in [-0.3, -0.25) is 4.79 Å². The van der Waals surface area contributed by atoms with E-state index < -0.39 is 5.97 Å². The summed E-state index contributed by atoms with van der Waals surface area (Å²) in [4.78, 5) is 12.1. The van der Waals surface area contributed by atoms with E-state index in [1.54, 1.807) is 11.3 Å². The van der Waals surface area contributed by atoms with Crippen LogP contribution in [-0.4, -0.2) is 11.1 Å². The smallest absolute Gasteiger partial charge is 0.311 e. The van der Waals surface area contributed by atoms with Crippen molar-refractivity contribution in [2.24, 2.45) is 0 Å². The Morgan fingerprint density at radius 1 is 1.62 bits per heavy atom. The van der Waals surface area contributed by atoms with E-state index in [1.165, 1.54) is 0 Å². The monoisotopic (exact) mass is 198 g/mol. The number of thiophene rings is 1. The van der Waals surface area contributed by atoms with Gasteiger partial charge in [-0.15, -0.1) is 11.3 Å². The van der Waals surface area contributed by atoms with Crippen LogP contribution in [0.15, 0.2) is 5.38 Å². The molecule has 0 saturated carbocycles. The first-order valence-corrected chi connectivity index (χ1v) is 5.23. The van der Waals surface area contributed by atoms with E-state index in [9.17, 15) is 4.79 Å². The van der Waals surface area contributed by atoms with Crippen LogP contribution >= 0.6 is 11.3 Å². The number of hydrogen-bond acceptors (Lipinski definition) is 2. The van der Waals surface area contributed by atoms with Gasteiger partial charge < -0.3 is 5.11 Å². The van der Waals surface area contributed by atoms with Gasteiger partial charge in [0.15, 0.2) is 0 Å². The third-order valence-electron chi connectivity index (χ3n) is 2.27. The lowest BCUT2D eigenvalue weighted by atomic mass is 9.94. The summed E-state index contributed by atoms with van der Waals surface area (Å²) in [7, 11) is 0. The number of carboxylic acids is 1. The molecule has 0 saturated heterocycles. The SMILES string of the molecule is CCC(C(=O)O)c1c(C)csc1C. The molecule has 0 amide bonds. The summed E-state index contributed by atoms with van der Waals surface area (Å²) in [6, 6.07) is 0. The molecule has 0 aliphatic carbocycles. The summed E-state index contributed by atoms with van der Waals surface area (Å²) >= 11 is 1.63. The van der Waals surface area contributed by atoms with Crippen LogP contribution < -0.4 is 0 Å². The second-order valence-corrected chi connectivity index (χ2v) is 4.27. The van der Waals surface area contributed by atoms with E-state index in [1.807, 2.05) is 26.2 Å². The van der Waals surface area contributed by atoms with Gasteiger partial charge in [-0.25, -0.2) is 0 Å². The molecule has 0 spiro atoms. The van der Waals surface area contributed by atoms with Crippen LogP contribution in [-0.2, 0) is 4.79 Å². The topological polar surface area (TPSA) is 37.3 Å². The second-order valence-electron chi connectivity index (χ2n) is 3.19. The number of hydrogen-bond donors (Lipinski definition) is 1. The molecule has 2 nitrogen and oxygen atoms in total. The average molecular weight is 198 g/mol. The maximum absolute atomic E-state index is 10.9. The molecule has 1 aromatic heterocycles. The van der Waals surface area contributed by atoms with Crippen LogP contribution in [0.5, 0.6) is 0 Å². The minimum atomic E-state index is -0.716. The summed E-state index contributed by atoms with van der Waals surface area (Å²) in [5.41, 5.74) is 2.12. The van der Waals surface area contributed by atoms with Crippen LogP contribution in [0.1, 0.15) is 35.3 Å². The van der Waals surface area contributed by atoms with Crippen LogP contribution in [0.2, 0.25) is 0 Å². The summed E-state index contributed by atoms with van der Waals surface area (Å²) in [5.74, 6) is -1.04. The highest BCUT2D eigenvalue weighted by atomic mass is 32.1. The molecule has 72 valence electrons. The number of aliphatic carboxylic acids is 1. The van der Waals surface area contributed by atoms with E-state index in [0.717, 1.165) is 16.0 Å². The Morgan fingerprint density at radius 3 is 2.54 bits per heavy atom. The van der Waals surface area contributed by atoms with Gasteiger partial charge in [-0.1, -0.05) is 6.92 Å². The van der Waals surface area contributed by atoms with Crippen molar-refractivity contribution in [1.29, 1.82) is 0 Å². The Labute approximate surface area is 82.2 Å². The maximum atomic E-state index is 10.9. The third-order valence-corrected chi connectivity index (χ3v) is 3.32. The number of carboxylic acid groups (broad SMARTS) is 1. The minimum absolute atomic E-state index is 0.328. The van der Waals surface area contributed by atoms with E-state index in [4.69, 9.17) is 5.11 Å². The van der Waals surface area contributed by atoms with Gasteiger partial charge in [0.1, 0.15) is 0 Å². The molecule has 0 radical (unpaired) electrons. The van der Waals surface area contributed by atoms with Gasteiger partial charge in [0, 0.05) is 4.88 Å². The summed E-state index contributed by atoms with van der Waals surface area (Å²) in [6.07, 6.45) is 0.660. The van der Waals surface area contributed by atoms with Crippen molar-refractivity contribution in [2.45, 2.75) is 33.1 Å². The normalized spacial score (nSPS) is 12.8. The van der Waals surface area contributed by atoms with Crippen molar-refractivity contribution in [3.63, 3.8) is 0 Å². The molecule has 1 unspecified atom stereocenters. The molecule has 0 aromatic carbocycles. The van der Waals surface area contributed by atoms with Crippen molar-refractivity contribution in [3.8, 4) is 0 Å². The van der Waals surface area contributed by atoms with Crippen LogP contribution in [0, 0.1) is 13.8 Å². The average Bonchev–Trinajstić information content (AvgIpc) is 2.36. The van der Waals surface area contributed by atoms with E-state index >= 15 is 0 Å². The molecule has 0 aliphatic rings. The van der Waals surface area contributed by atoms with Gasteiger partial charge in [-0.2, -0.15) is 0 Å². The van der Waals surface area contributed by atoms with Crippen molar-refractivity contribution >= 4 is 17.3 Å². The van der Waals surface area contributed by atoms with Crippen LogP contribution in [0.25, 0.3) is 0 Å². The van der Waals surface area contributed by atoms with Gasteiger partial charge in [-0.05, 0) is 36.8 Å². The highest BCUT2D eigenvalue weighted by molar-refractivity contribution is 7.10. The second kappa shape index (κ2) is 3.92. The largest absolute Gasteiger partial charge is 0.481 e.